The summed E-state index contributed by atoms with van der Waals surface area (Å²) in [6.07, 6.45) is -3.36. The maximum absolute atomic E-state index is 12.7. The lowest BCUT2D eigenvalue weighted by Gasteiger charge is -2.18. The zero-order chi connectivity index (χ0) is 18.8. The average Bonchev–Trinajstić information content (AvgIpc) is 2.91. The second-order valence-electron chi connectivity index (χ2n) is 6.07. The third-order valence-electron chi connectivity index (χ3n) is 4.45. The summed E-state index contributed by atoms with van der Waals surface area (Å²) in [7, 11) is 0. The average molecular weight is 383 g/mol. The van der Waals surface area contributed by atoms with E-state index < -0.39 is 42.4 Å². The molecular weight excluding hydrogens is 364 g/mol. The van der Waals surface area contributed by atoms with E-state index in [-0.39, 0.29) is 6.54 Å². The number of benzene rings is 1. The van der Waals surface area contributed by atoms with Gasteiger partial charge >= 0.3 is 5.69 Å². The Balaban J connectivity index is 1.89. The minimum absolute atomic E-state index is 0.0943. The molecule has 4 atom stereocenters. The normalized spacial score (nSPS) is 25.5. The van der Waals surface area contributed by atoms with Crippen molar-refractivity contribution in [3.8, 4) is 0 Å². The number of hydrogen-bond acceptors (Lipinski definition) is 6. The molecule has 1 aromatic heterocycles. The number of aliphatic hydroxyl groups is 3. The molecule has 2 heterocycles. The summed E-state index contributed by atoms with van der Waals surface area (Å²) in [5.74, 6) is 0. The molecule has 1 aliphatic heterocycles. The van der Waals surface area contributed by atoms with E-state index in [0.29, 0.717) is 11.4 Å². The van der Waals surface area contributed by atoms with Crippen LogP contribution < -0.4 is 11.2 Å². The first kappa shape index (κ1) is 18.8. The highest BCUT2D eigenvalue weighted by Crippen LogP contribution is 2.27. The van der Waals surface area contributed by atoms with Gasteiger partial charge in [0.1, 0.15) is 18.3 Å². The fourth-order valence-electron chi connectivity index (χ4n) is 2.97. The van der Waals surface area contributed by atoms with E-state index in [0.717, 1.165) is 14.7 Å². The van der Waals surface area contributed by atoms with Gasteiger partial charge in [-0.15, -0.1) is 0 Å². The van der Waals surface area contributed by atoms with E-state index in [2.05, 4.69) is 0 Å². The Hall–Kier alpha value is -1.97. The molecule has 1 saturated heterocycles. The molecule has 3 rings (SSSR count). The lowest BCUT2D eigenvalue weighted by atomic mass is 10.1. The topological polar surface area (TPSA) is 114 Å². The number of rotatable bonds is 5. The summed E-state index contributed by atoms with van der Waals surface area (Å²) in [6.45, 7) is -0.410. The van der Waals surface area contributed by atoms with Crippen LogP contribution in [-0.2, 0) is 17.7 Å². The Labute approximate surface area is 153 Å². The van der Waals surface area contributed by atoms with Gasteiger partial charge < -0.3 is 20.1 Å². The molecular formula is C17H19ClN2O6. The van der Waals surface area contributed by atoms with Gasteiger partial charge in [0.05, 0.1) is 6.61 Å². The monoisotopic (exact) mass is 382 g/mol. The first-order chi connectivity index (χ1) is 12.4. The molecule has 0 unspecified atom stereocenters. The van der Waals surface area contributed by atoms with Gasteiger partial charge in [-0.3, -0.25) is 13.9 Å². The molecule has 0 radical (unpaired) electrons. The van der Waals surface area contributed by atoms with Crippen LogP contribution in [0.2, 0.25) is 5.02 Å². The second-order valence-corrected chi connectivity index (χ2v) is 6.47. The third-order valence-corrected chi connectivity index (χ3v) is 4.82. The van der Waals surface area contributed by atoms with E-state index in [4.69, 9.17) is 16.3 Å². The summed E-state index contributed by atoms with van der Waals surface area (Å²) >= 11 is 6.10. The molecule has 0 aliphatic carbocycles. The molecule has 3 N–H and O–H groups in total. The van der Waals surface area contributed by atoms with Crippen molar-refractivity contribution < 1.29 is 20.1 Å². The molecule has 0 bridgehead atoms. The first-order valence-corrected chi connectivity index (χ1v) is 8.49. The number of aromatic nitrogens is 2. The molecule has 140 valence electrons. The number of halogens is 1. The van der Waals surface area contributed by atoms with E-state index in [1.165, 1.54) is 12.3 Å². The van der Waals surface area contributed by atoms with Gasteiger partial charge in [0.25, 0.3) is 5.56 Å². The Kier molecular flexibility index (Phi) is 5.59. The van der Waals surface area contributed by atoms with E-state index >= 15 is 0 Å². The van der Waals surface area contributed by atoms with Crippen LogP contribution in [0.1, 0.15) is 11.8 Å². The highest BCUT2D eigenvalue weighted by molar-refractivity contribution is 6.31. The van der Waals surface area contributed by atoms with Crippen LogP contribution in [0.3, 0.4) is 0 Å². The van der Waals surface area contributed by atoms with Crippen molar-refractivity contribution in [1.82, 2.24) is 9.13 Å². The molecule has 0 saturated carbocycles. The van der Waals surface area contributed by atoms with Crippen molar-refractivity contribution in [3.05, 3.63) is 68.0 Å². The number of aliphatic hydroxyl groups excluding tert-OH is 3. The number of nitrogens with zero attached hydrogens (tertiary/aromatic N) is 2. The molecule has 8 nitrogen and oxygen atoms in total. The lowest BCUT2D eigenvalue weighted by molar-refractivity contribution is -0.0556. The van der Waals surface area contributed by atoms with Crippen molar-refractivity contribution >= 4 is 11.6 Å². The van der Waals surface area contributed by atoms with Gasteiger partial charge in [-0.2, -0.15) is 0 Å². The third kappa shape index (κ3) is 3.46. The maximum Gasteiger partial charge on any atom is 0.333 e. The predicted molar refractivity (Wildman–Crippen MR) is 93.1 cm³/mol. The quantitative estimate of drug-likeness (QED) is 0.643. The fourth-order valence-corrected chi connectivity index (χ4v) is 3.20. The van der Waals surface area contributed by atoms with E-state index in [1.54, 1.807) is 18.2 Å². The summed E-state index contributed by atoms with van der Waals surface area (Å²) in [6, 6.07) is 8.31. The summed E-state index contributed by atoms with van der Waals surface area (Å²) < 4.78 is 7.41. The molecule has 0 amide bonds. The standard InChI is InChI=1S/C17H19ClN2O6/c18-11-4-2-1-3-10(11)5-7-19-13(22)6-8-20(17(19)25)16-15(24)14(23)12(9-21)26-16/h1-4,6,8,12,14-16,21,23-24H,5,7,9H2/t12-,14-,15-,16-/m1/s1. The van der Waals surface area contributed by atoms with Gasteiger partial charge in [0, 0.05) is 23.8 Å². The molecule has 1 fully saturated rings. The molecule has 1 aromatic carbocycles. The molecule has 9 heteroatoms. The van der Waals surface area contributed by atoms with E-state index in [1.807, 2.05) is 6.07 Å². The fraction of sp³-hybridized carbons (Fsp3) is 0.412. The van der Waals surface area contributed by atoms with Crippen LogP contribution in [0.4, 0.5) is 0 Å². The van der Waals surface area contributed by atoms with Crippen molar-refractivity contribution in [2.75, 3.05) is 6.61 Å². The predicted octanol–water partition coefficient (Wildman–Crippen LogP) is -0.482. The number of aryl methyl sites for hydroxylation is 1. The van der Waals surface area contributed by atoms with Crippen molar-refractivity contribution in [2.45, 2.75) is 37.5 Å². The summed E-state index contributed by atoms with van der Waals surface area (Å²) in [5, 5.41) is 29.7. The Morgan fingerprint density at radius 2 is 1.85 bits per heavy atom. The number of ether oxygens (including phenoxy) is 1. The highest BCUT2D eigenvalue weighted by atomic mass is 35.5. The van der Waals surface area contributed by atoms with Crippen LogP contribution in [0.25, 0.3) is 0 Å². The zero-order valence-corrected chi connectivity index (χ0v) is 14.5. The SMILES string of the molecule is O=c1ccn([C@@H]2O[C@H](CO)[C@@H](O)[C@H]2O)c(=O)n1CCc1ccccc1Cl. The van der Waals surface area contributed by atoms with E-state index in [9.17, 15) is 24.9 Å². The Morgan fingerprint density at radius 3 is 2.50 bits per heavy atom. The van der Waals surface area contributed by atoms with Crippen molar-refractivity contribution in [2.24, 2.45) is 0 Å². The minimum Gasteiger partial charge on any atom is -0.394 e. The minimum atomic E-state index is -1.40. The van der Waals surface area contributed by atoms with Crippen molar-refractivity contribution in [3.63, 3.8) is 0 Å². The van der Waals surface area contributed by atoms with Crippen LogP contribution in [-0.4, -0.2) is 49.4 Å². The summed E-state index contributed by atoms with van der Waals surface area (Å²) in [5.41, 5.74) is -0.381. The summed E-state index contributed by atoms with van der Waals surface area (Å²) in [4.78, 5) is 24.8. The van der Waals surface area contributed by atoms with Gasteiger partial charge in [-0.05, 0) is 18.1 Å². The molecule has 1 aliphatic rings. The highest BCUT2D eigenvalue weighted by Gasteiger charge is 2.43. The molecule has 2 aromatic rings. The van der Waals surface area contributed by atoms with Gasteiger partial charge in [0.15, 0.2) is 6.23 Å². The first-order valence-electron chi connectivity index (χ1n) is 8.12. The van der Waals surface area contributed by atoms with Gasteiger partial charge in [-0.1, -0.05) is 29.8 Å². The van der Waals surface area contributed by atoms with Crippen LogP contribution in [0, 0.1) is 0 Å². The van der Waals surface area contributed by atoms with Crippen LogP contribution >= 0.6 is 11.6 Å². The molecule has 26 heavy (non-hydrogen) atoms. The largest absolute Gasteiger partial charge is 0.394 e. The Bertz CT molecular complexity index is 895. The van der Waals surface area contributed by atoms with Crippen LogP contribution in [0.5, 0.6) is 0 Å². The van der Waals surface area contributed by atoms with Crippen molar-refractivity contribution in [1.29, 1.82) is 0 Å². The lowest BCUT2D eigenvalue weighted by Crippen LogP contribution is -2.43. The van der Waals surface area contributed by atoms with Gasteiger partial charge in [-0.25, -0.2) is 4.79 Å². The van der Waals surface area contributed by atoms with Crippen LogP contribution in [0.15, 0.2) is 46.1 Å². The number of hydrogen-bond donors (Lipinski definition) is 3. The smallest absolute Gasteiger partial charge is 0.333 e. The molecule has 0 spiro atoms. The van der Waals surface area contributed by atoms with Gasteiger partial charge in [0.2, 0.25) is 0 Å². The Morgan fingerprint density at radius 1 is 1.12 bits per heavy atom. The second kappa shape index (κ2) is 7.73. The maximum atomic E-state index is 12.7. The zero-order valence-electron chi connectivity index (χ0n) is 13.7.